The molecule has 2 N–H and O–H groups in total. The molecule has 1 atom stereocenters. The summed E-state index contributed by atoms with van der Waals surface area (Å²) in [5, 5.41) is 13.7. The van der Waals surface area contributed by atoms with Crippen molar-refractivity contribution in [1.29, 1.82) is 0 Å². The Morgan fingerprint density at radius 1 is 1.55 bits per heavy atom. The van der Waals surface area contributed by atoms with Crippen LogP contribution in [0.2, 0.25) is 0 Å². The Morgan fingerprint density at radius 2 is 2.41 bits per heavy atom. The van der Waals surface area contributed by atoms with Crippen molar-refractivity contribution in [2.45, 2.75) is 31.8 Å². The standard InChI is InChI=1S/C14H20N2O5S/c17-12(4-7-20-8-10-2-1-6-21-10)15-5-3-13-16-11(9-22-13)14(18)19/h9-10H,1-8H2,(H,15,17)(H,18,19). The van der Waals surface area contributed by atoms with Crippen molar-refractivity contribution < 1.29 is 24.2 Å². The van der Waals surface area contributed by atoms with Crippen LogP contribution in [0.15, 0.2) is 5.38 Å². The number of nitrogens with zero attached hydrogens (tertiary/aromatic N) is 1. The van der Waals surface area contributed by atoms with Crippen LogP contribution in [0.3, 0.4) is 0 Å². The number of aromatic nitrogens is 1. The van der Waals surface area contributed by atoms with E-state index in [9.17, 15) is 9.59 Å². The molecule has 0 bridgehead atoms. The molecule has 8 heteroatoms. The molecule has 1 aliphatic heterocycles. The molecule has 1 amide bonds. The van der Waals surface area contributed by atoms with Crippen molar-refractivity contribution >= 4 is 23.2 Å². The number of carbonyl (C=O) groups excluding carboxylic acids is 1. The van der Waals surface area contributed by atoms with E-state index in [0.29, 0.717) is 37.6 Å². The van der Waals surface area contributed by atoms with Crippen LogP contribution in [0.1, 0.15) is 34.8 Å². The van der Waals surface area contributed by atoms with Crippen LogP contribution in [-0.4, -0.2) is 54.4 Å². The predicted octanol–water partition coefficient (Wildman–Crippen LogP) is 1.09. The first kappa shape index (κ1) is 16.9. The first-order chi connectivity index (χ1) is 10.6. The molecule has 1 aromatic rings. The summed E-state index contributed by atoms with van der Waals surface area (Å²) in [4.78, 5) is 26.3. The fraction of sp³-hybridized carbons (Fsp3) is 0.643. The molecule has 0 aliphatic carbocycles. The van der Waals surface area contributed by atoms with Gasteiger partial charge in [-0.3, -0.25) is 4.79 Å². The van der Waals surface area contributed by atoms with E-state index in [1.54, 1.807) is 0 Å². The van der Waals surface area contributed by atoms with Crippen molar-refractivity contribution in [2.75, 3.05) is 26.4 Å². The van der Waals surface area contributed by atoms with E-state index < -0.39 is 5.97 Å². The van der Waals surface area contributed by atoms with Gasteiger partial charge in [0.2, 0.25) is 5.91 Å². The molecule has 2 heterocycles. The summed E-state index contributed by atoms with van der Waals surface area (Å²) in [6.45, 7) is 2.17. The molecule has 1 aromatic heterocycles. The minimum Gasteiger partial charge on any atom is -0.476 e. The van der Waals surface area contributed by atoms with Gasteiger partial charge >= 0.3 is 5.97 Å². The topological polar surface area (TPSA) is 97.8 Å². The molecule has 122 valence electrons. The molecule has 1 fully saturated rings. The van der Waals surface area contributed by atoms with Crippen molar-refractivity contribution in [3.8, 4) is 0 Å². The van der Waals surface area contributed by atoms with Crippen LogP contribution in [0.25, 0.3) is 0 Å². The zero-order valence-electron chi connectivity index (χ0n) is 12.2. The number of hydrogen-bond acceptors (Lipinski definition) is 6. The molecule has 0 radical (unpaired) electrons. The van der Waals surface area contributed by atoms with Gasteiger partial charge in [-0.25, -0.2) is 9.78 Å². The Bertz CT molecular complexity index is 499. The van der Waals surface area contributed by atoms with Gasteiger partial charge < -0.3 is 19.9 Å². The van der Waals surface area contributed by atoms with Gasteiger partial charge in [0.25, 0.3) is 0 Å². The van der Waals surface area contributed by atoms with E-state index in [0.717, 1.165) is 19.4 Å². The number of carboxylic acid groups (broad SMARTS) is 1. The summed E-state index contributed by atoms with van der Waals surface area (Å²) in [6, 6.07) is 0. The third kappa shape index (κ3) is 5.70. The summed E-state index contributed by atoms with van der Waals surface area (Å²) in [5.41, 5.74) is 0.0499. The maximum Gasteiger partial charge on any atom is 0.355 e. The van der Waals surface area contributed by atoms with Gasteiger partial charge in [0, 0.05) is 31.4 Å². The van der Waals surface area contributed by atoms with E-state index in [4.69, 9.17) is 14.6 Å². The SMILES string of the molecule is O=C(CCOCC1CCCO1)NCCc1nc(C(=O)O)cs1. The minimum absolute atomic E-state index is 0.0499. The summed E-state index contributed by atoms with van der Waals surface area (Å²) in [7, 11) is 0. The van der Waals surface area contributed by atoms with Gasteiger partial charge in [-0.05, 0) is 12.8 Å². The maximum absolute atomic E-state index is 11.6. The number of hydrogen-bond donors (Lipinski definition) is 2. The van der Waals surface area contributed by atoms with Gasteiger partial charge in [-0.2, -0.15) is 0 Å². The van der Waals surface area contributed by atoms with E-state index >= 15 is 0 Å². The van der Waals surface area contributed by atoms with Crippen LogP contribution in [0.4, 0.5) is 0 Å². The van der Waals surface area contributed by atoms with E-state index in [-0.39, 0.29) is 17.7 Å². The summed E-state index contributed by atoms with van der Waals surface area (Å²) in [5.74, 6) is -1.11. The first-order valence-corrected chi connectivity index (χ1v) is 8.17. The number of amides is 1. The maximum atomic E-state index is 11.6. The smallest absolute Gasteiger partial charge is 0.355 e. The van der Waals surface area contributed by atoms with E-state index in [2.05, 4.69) is 10.3 Å². The molecule has 1 unspecified atom stereocenters. The third-order valence-corrected chi connectivity index (χ3v) is 4.14. The molecular weight excluding hydrogens is 308 g/mol. The quantitative estimate of drug-likeness (QED) is 0.659. The molecule has 0 spiro atoms. The molecule has 7 nitrogen and oxygen atoms in total. The Morgan fingerprint density at radius 3 is 3.09 bits per heavy atom. The lowest BCUT2D eigenvalue weighted by Gasteiger charge is -2.10. The Balaban J connectivity index is 1.52. The Labute approximate surface area is 132 Å². The highest BCUT2D eigenvalue weighted by Crippen LogP contribution is 2.12. The Kier molecular flexibility index (Phi) is 6.75. The van der Waals surface area contributed by atoms with Crippen molar-refractivity contribution in [3.05, 3.63) is 16.1 Å². The van der Waals surface area contributed by atoms with Crippen LogP contribution in [0, 0.1) is 0 Å². The average molecular weight is 328 g/mol. The lowest BCUT2D eigenvalue weighted by molar-refractivity contribution is -0.122. The summed E-state index contributed by atoms with van der Waals surface area (Å²) < 4.78 is 10.8. The Hall–Kier alpha value is -1.51. The number of ether oxygens (including phenoxy) is 2. The molecule has 0 aromatic carbocycles. The van der Waals surface area contributed by atoms with Crippen LogP contribution in [0.5, 0.6) is 0 Å². The second kappa shape index (κ2) is 8.82. The fourth-order valence-corrected chi connectivity index (χ4v) is 2.85. The fourth-order valence-electron chi connectivity index (χ4n) is 2.08. The number of thiazole rings is 1. The second-order valence-electron chi connectivity index (χ2n) is 4.99. The molecule has 1 saturated heterocycles. The minimum atomic E-state index is -1.03. The number of aromatic carboxylic acids is 1. The van der Waals surface area contributed by atoms with Gasteiger partial charge in [0.05, 0.1) is 24.3 Å². The van der Waals surface area contributed by atoms with Gasteiger partial charge in [0.1, 0.15) is 0 Å². The average Bonchev–Trinajstić information content (AvgIpc) is 3.15. The van der Waals surface area contributed by atoms with Crippen molar-refractivity contribution in [1.82, 2.24) is 10.3 Å². The zero-order chi connectivity index (χ0) is 15.8. The third-order valence-electron chi connectivity index (χ3n) is 3.23. The largest absolute Gasteiger partial charge is 0.476 e. The van der Waals surface area contributed by atoms with Gasteiger partial charge in [-0.15, -0.1) is 11.3 Å². The van der Waals surface area contributed by atoms with E-state index in [1.807, 2.05) is 0 Å². The highest BCUT2D eigenvalue weighted by Gasteiger charge is 2.15. The molecule has 1 aliphatic rings. The number of rotatable bonds is 9. The zero-order valence-corrected chi connectivity index (χ0v) is 13.1. The molecule has 2 rings (SSSR count). The highest BCUT2D eigenvalue weighted by molar-refractivity contribution is 7.09. The van der Waals surface area contributed by atoms with Crippen molar-refractivity contribution in [2.24, 2.45) is 0 Å². The number of carboxylic acids is 1. The predicted molar refractivity (Wildman–Crippen MR) is 80.2 cm³/mol. The molecule has 22 heavy (non-hydrogen) atoms. The van der Waals surface area contributed by atoms with Crippen LogP contribution < -0.4 is 5.32 Å². The normalized spacial score (nSPS) is 17.5. The lowest BCUT2D eigenvalue weighted by atomic mass is 10.2. The summed E-state index contributed by atoms with van der Waals surface area (Å²) >= 11 is 1.28. The second-order valence-corrected chi connectivity index (χ2v) is 5.93. The lowest BCUT2D eigenvalue weighted by Crippen LogP contribution is -2.27. The first-order valence-electron chi connectivity index (χ1n) is 7.29. The van der Waals surface area contributed by atoms with Crippen molar-refractivity contribution in [3.63, 3.8) is 0 Å². The molecular formula is C14H20N2O5S. The van der Waals surface area contributed by atoms with Crippen LogP contribution in [-0.2, 0) is 20.7 Å². The highest BCUT2D eigenvalue weighted by atomic mass is 32.1. The van der Waals surface area contributed by atoms with Crippen LogP contribution >= 0.6 is 11.3 Å². The molecule has 0 saturated carbocycles. The van der Waals surface area contributed by atoms with Gasteiger partial charge in [0.15, 0.2) is 5.69 Å². The van der Waals surface area contributed by atoms with Gasteiger partial charge in [-0.1, -0.05) is 0 Å². The summed E-state index contributed by atoms with van der Waals surface area (Å²) in [6.07, 6.45) is 3.12. The van der Waals surface area contributed by atoms with E-state index in [1.165, 1.54) is 16.7 Å². The number of nitrogens with one attached hydrogen (secondary N) is 1. The number of carbonyl (C=O) groups is 2. The monoisotopic (exact) mass is 328 g/mol.